The number of carbonyl (C=O) groups is 1. The summed E-state index contributed by atoms with van der Waals surface area (Å²) in [6, 6.07) is 9.18. The average Bonchev–Trinajstić information content (AvgIpc) is 3.11. The van der Waals surface area contributed by atoms with Crippen molar-refractivity contribution in [2.45, 2.75) is 57.1 Å². The van der Waals surface area contributed by atoms with Crippen LogP contribution in [0.15, 0.2) is 41.0 Å². The molecule has 1 aliphatic heterocycles. The minimum atomic E-state index is 0.212. The first kappa shape index (κ1) is 19.4. The maximum atomic E-state index is 12.9. The van der Waals surface area contributed by atoms with E-state index in [1.807, 2.05) is 0 Å². The minimum Gasteiger partial charge on any atom is -0.337 e. The van der Waals surface area contributed by atoms with Crippen LogP contribution < -0.4 is 0 Å². The molecule has 3 aromatic rings. The zero-order valence-electron chi connectivity index (χ0n) is 16.5. The number of likely N-dealkylation sites (tertiary alicyclic amines) is 1. The fraction of sp³-hybridized carbons (Fsp3) is 0.409. The number of aromatic nitrogens is 2. The zero-order chi connectivity index (χ0) is 19.7. The highest BCUT2D eigenvalue weighted by atomic mass is 32.2. The fourth-order valence-corrected chi connectivity index (χ4v) is 5.88. The van der Waals surface area contributed by atoms with E-state index >= 15 is 0 Å². The largest absolute Gasteiger partial charge is 0.337 e. The number of aryl methyl sites for hydroxylation is 1. The molecule has 0 saturated carbocycles. The number of amides is 1. The Bertz CT molecular complexity index is 973. The highest BCUT2D eigenvalue weighted by Gasteiger charge is 2.29. The molecule has 1 saturated heterocycles. The van der Waals surface area contributed by atoms with Crippen molar-refractivity contribution in [2.24, 2.45) is 0 Å². The topological polar surface area (TPSA) is 46.1 Å². The maximum absolute atomic E-state index is 12.9. The lowest BCUT2D eigenvalue weighted by molar-refractivity contribution is -0.134. The molecule has 4 rings (SSSR count). The molecule has 6 heteroatoms. The number of rotatable bonds is 4. The summed E-state index contributed by atoms with van der Waals surface area (Å²) < 4.78 is 0. The molecular formula is C22H25N3OS2. The zero-order valence-corrected chi connectivity index (χ0v) is 18.1. The Morgan fingerprint density at radius 1 is 1.18 bits per heavy atom. The lowest BCUT2D eigenvalue weighted by Gasteiger charge is -2.39. The number of benzene rings is 1. The van der Waals surface area contributed by atoms with E-state index in [4.69, 9.17) is 0 Å². The number of piperidine rings is 1. The molecule has 1 fully saturated rings. The van der Waals surface area contributed by atoms with Gasteiger partial charge >= 0.3 is 0 Å². The van der Waals surface area contributed by atoms with Gasteiger partial charge in [0, 0.05) is 23.0 Å². The fourth-order valence-electron chi connectivity index (χ4n) is 4.02. The second-order valence-corrected chi connectivity index (χ2v) is 9.42. The van der Waals surface area contributed by atoms with Crippen LogP contribution in [-0.2, 0) is 4.79 Å². The van der Waals surface area contributed by atoms with Gasteiger partial charge in [-0.15, -0.1) is 11.3 Å². The molecule has 0 unspecified atom stereocenters. The summed E-state index contributed by atoms with van der Waals surface area (Å²) in [5.74, 6) is 0.632. The molecule has 0 aliphatic carbocycles. The van der Waals surface area contributed by atoms with Crippen molar-refractivity contribution in [1.29, 1.82) is 0 Å². The maximum Gasteiger partial charge on any atom is 0.233 e. The van der Waals surface area contributed by atoms with Gasteiger partial charge < -0.3 is 4.90 Å². The standard InChI is InChI=1S/C22H25N3OS2/c1-14-7-9-17(10-8-14)18-11-27-21-20(18)22(24-13-23-21)28-12-19(26)25-15(2)5-4-6-16(25)3/h7-11,13,15-16H,4-6,12H2,1-3H3/t15-,16-/m0/s1. The van der Waals surface area contributed by atoms with Crippen molar-refractivity contribution in [1.82, 2.24) is 14.9 Å². The first-order valence-corrected chi connectivity index (χ1v) is 11.6. The number of fused-ring (bicyclic) bond motifs is 1. The smallest absolute Gasteiger partial charge is 0.233 e. The quantitative estimate of drug-likeness (QED) is 0.417. The molecule has 2 aromatic heterocycles. The normalized spacial score (nSPS) is 19.9. The van der Waals surface area contributed by atoms with Gasteiger partial charge in [0.25, 0.3) is 0 Å². The van der Waals surface area contributed by atoms with E-state index in [0.717, 1.165) is 39.2 Å². The molecule has 0 N–H and O–H groups in total. The highest BCUT2D eigenvalue weighted by Crippen LogP contribution is 2.38. The molecule has 4 nitrogen and oxygen atoms in total. The molecular weight excluding hydrogens is 386 g/mol. The first-order chi connectivity index (χ1) is 13.5. The third-order valence-electron chi connectivity index (χ3n) is 5.51. The van der Waals surface area contributed by atoms with Gasteiger partial charge in [0.05, 0.1) is 11.1 Å². The second-order valence-electron chi connectivity index (χ2n) is 7.59. The van der Waals surface area contributed by atoms with Crippen LogP contribution in [0.3, 0.4) is 0 Å². The summed E-state index contributed by atoms with van der Waals surface area (Å²) in [5, 5.41) is 4.10. The van der Waals surface area contributed by atoms with Gasteiger partial charge in [0.2, 0.25) is 5.91 Å². The van der Waals surface area contributed by atoms with E-state index in [1.165, 1.54) is 23.7 Å². The summed E-state index contributed by atoms with van der Waals surface area (Å²) in [5.41, 5.74) is 3.55. The van der Waals surface area contributed by atoms with Crippen molar-refractivity contribution in [3.05, 3.63) is 41.5 Å². The molecule has 3 heterocycles. The summed E-state index contributed by atoms with van der Waals surface area (Å²) in [6.45, 7) is 6.42. The van der Waals surface area contributed by atoms with Gasteiger partial charge in [-0.1, -0.05) is 41.6 Å². The monoisotopic (exact) mass is 411 g/mol. The number of thiophene rings is 1. The molecule has 1 aromatic carbocycles. The predicted molar refractivity (Wildman–Crippen MR) is 118 cm³/mol. The van der Waals surface area contributed by atoms with Crippen LogP contribution in [0.1, 0.15) is 38.7 Å². The van der Waals surface area contributed by atoms with Crippen LogP contribution in [-0.4, -0.2) is 38.6 Å². The Morgan fingerprint density at radius 2 is 1.89 bits per heavy atom. The summed E-state index contributed by atoms with van der Waals surface area (Å²) in [4.78, 5) is 24.9. The molecule has 0 spiro atoms. The van der Waals surface area contributed by atoms with Crippen LogP contribution >= 0.6 is 23.1 Å². The van der Waals surface area contributed by atoms with Gasteiger partial charge in [-0.25, -0.2) is 9.97 Å². The van der Waals surface area contributed by atoms with Gasteiger partial charge in [0.1, 0.15) is 16.2 Å². The Hall–Kier alpha value is -1.92. The van der Waals surface area contributed by atoms with Gasteiger partial charge in [-0.3, -0.25) is 4.79 Å². The number of hydrogen-bond acceptors (Lipinski definition) is 5. The Balaban J connectivity index is 1.60. The van der Waals surface area contributed by atoms with Crippen LogP contribution in [0, 0.1) is 6.92 Å². The average molecular weight is 412 g/mol. The van der Waals surface area contributed by atoms with E-state index in [1.54, 1.807) is 17.7 Å². The Labute approximate surface area is 174 Å². The van der Waals surface area contributed by atoms with Gasteiger partial charge in [-0.05, 0) is 45.6 Å². The first-order valence-electron chi connectivity index (χ1n) is 9.78. The van der Waals surface area contributed by atoms with Crippen molar-refractivity contribution in [3.8, 4) is 11.1 Å². The lowest BCUT2D eigenvalue weighted by atomic mass is 9.98. The lowest BCUT2D eigenvalue weighted by Crippen LogP contribution is -2.48. The van der Waals surface area contributed by atoms with E-state index in [-0.39, 0.29) is 5.91 Å². The third kappa shape index (κ3) is 3.80. The molecule has 0 bridgehead atoms. The highest BCUT2D eigenvalue weighted by molar-refractivity contribution is 8.00. The Kier molecular flexibility index (Phi) is 5.69. The molecule has 28 heavy (non-hydrogen) atoms. The second kappa shape index (κ2) is 8.21. The van der Waals surface area contributed by atoms with Gasteiger partial charge in [0.15, 0.2) is 0 Å². The van der Waals surface area contributed by atoms with Crippen molar-refractivity contribution in [2.75, 3.05) is 5.75 Å². The van der Waals surface area contributed by atoms with Crippen LogP contribution in [0.4, 0.5) is 0 Å². The molecule has 146 valence electrons. The summed E-state index contributed by atoms with van der Waals surface area (Å²) in [6.07, 6.45) is 5.01. The van der Waals surface area contributed by atoms with Crippen molar-refractivity contribution < 1.29 is 4.79 Å². The van der Waals surface area contributed by atoms with E-state index in [0.29, 0.717) is 17.8 Å². The predicted octanol–water partition coefficient (Wildman–Crippen LogP) is 5.55. The summed E-state index contributed by atoms with van der Waals surface area (Å²) >= 11 is 3.17. The minimum absolute atomic E-state index is 0.212. The summed E-state index contributed by atoms with van der Waals surface area (Å²) in [7, 11) is 0. The molecule has 1 aliphatic rings. The Morgan fingerprint density at radius 3 is 2.61 bits per heavy atom. The van der Waals surface area contributed by atoms with Crippen molar-refractivity contribution >= 4 is 39.2 Å². The molecule has 0 radical (unpaired) electrons. The number of hydrogen-bond donors (Lipinski definition) is 0. The van der Waals surface area contributed by atoms with Gasteiger partial charge in [-0.2, -0.15) is 0 Å². The van der Waals surface area contributed by atoms with Crippen LogP contribution in [0.2, 0.25) is 0 Å². The number of carbonyl (C=O) groups excluding carboxylic acids is 1. The molecule has 1 amide bonds. The SMILES string of the molecule is Cc1ccc(-c2csc3ncnc(SCC(=O)N4[C@@H](C)CCC[C@@H]4C)c23)cc1. The van der Waals surface area contributed by atoms with E-state index in [2.05, 4.69) is 65.3 Å². The van der Waals surface area contributed by atoms with Crippen molar-refractivity contribution in [3.63, 3.8) is 0 Å². The van der Waals surface area contributed by atoms with Crippen LogP contribution in [0.25, 0.3) is 21.3 Å². The van der Waals surface area contributed by atoms with E-state index in [9.17, 15) is 4.79 Å². The number of nitrogens with zero attached hydrogens (tertiary/aromatic N) is 3. The van der Waals surface area contributed by atoms with Crippen LogP contribution in [0.5, 0.6) is 0 Å². The van der Waals surface area contributed by atoms with E-state index < -0.39 is 0 Å². The third-order valence-corrected chi connectivity index (χ3v) is 7.37. The number of thioether (sulfide) groups is 1. The molecule has 2 atom stereocenters.